The van der Waals surface area contributed by atoms with Crippen molar-refractivity contribution in [1.82, 2.24) is 0 Å². The molecule has 67 heavy (non-hydrogen) atoms. The summed E-state index contributed by atoms with van der Waals surface area (Å²) in [5, 5.41) is 0. The van der Waals surface area contributed by atoms with E-state index in [0.717, 1.165) is 5.92 Å². The Morgan fingerprint density at radius 1 is 0.164 bits per heavy atom. The van der Waals surface area contributed by atoms with Crippen molar-refractivity contribution in [1.29, 1.82) is 0 Å². The minimum Gasteiger partial charge on any atom is -0.0776 e. The molecule has 0 spiro atoms. The summed E-state index contributed by atoms with van der Waals surface area (Å²) in [6.45, 7) is 56.3. The van der Waals surface area contributed by atoms with Gasteiger partial charge in [-0.25, -0.2) is 0 Å². The summed E-state index contributed by atoms with van der Waals surface area (Å²) in [6.07, 6.45) is 11.7. The summed E-state index contributed by atoms with van der Waals surface area (Å²) in [5.74, 6) is 0.833. The van der Waals surface area contributed by atoms with E-state index in [1.807, 2.05) is 83.1 Å². The van der Waals surface area contributed by atoms with Crippen molar-refractivity contribution in [3.63, 3.8) is 0 Å². The number of unbranched alkanes of at least 4 members (excludes halogenated alkanes) is 3. The average Bonchev–Trinajstić information content (AvgIpc) is 2.96. The Hall–Kier alpha value is 26.5. The molecule has 0 bridgehead atoms. The molecule has 21 heteroatoms. The first-order valence-corrected chi connectivity index (χ1v) is 17.7. The third-order valence-corrected chi connectivity index (χ3v) is 1.50. The molecule has 0 aromatic heterocycles. The summed E-state index contributed by atoms with van der Waals surface area (Å²) in [6, 6.07) is 0. The number of hydrogen-bond acceptors (Lipinski definition) is 0. The molecule has 0 radical (unpaired) electrons. The van der Waals surface area contributed by atoms with Crippen LogP contribution in [0.15, 0.2) is 0 Å². The third-order valence-electron chi connectivity index (χ3n) is 1.50. The Balaban J connectivity index is -0.00000000220. The van der Waals surface area contributed by atoms with Gasteiger partial charge in [-0.1, -0.05) is 312 Å². The van der Waals surface area contributed by atoms with Crippen molar-refractivity contribution in [3.05, 3.63) is 0 Å². The van der Waals surface area contributed by atoms with E-state index in [9.17, 15) is 0 Å². The van der Waals surface area contributed by atoms with Crippen LogP contribution in [0.25, 0.3) is 0 Å². The first-order valence-electron chi connectivity index (χ1n) is 17.7. The first kappa shape index (κ1) is 314. The molecule has 0 rings (SSSR count). The summed E-state index contributed by atoms with van der Waals surface area (Å²) >= 11 is 0. The van der Waals surface area contributed by atoms with E-state index in [1.54, 1.807) is 0 Å². The van der Waals surface area contributed by atoms with Gasteiger partial charge >= 0.3 is 0 Å². The number of hydrogen-bond donors (Lipinski definition) is 0. The van der Waals surface area contributed by atoms with Gasteiger partial charge in [0.05, 0.1) is 0 Å². The van der Waals surface area contributed by atoms with E-state index in [1.165, 1.54) is 57.8 Å². The van der Waals surface area contributed by atoms with Crippen LogP contribution in [0.3, 0.4) is 0 Å². The van der Waals surface area contributed by atoms with Crippen LogP contribution in [0.1, 0.15) is 312 Å². The fourth-order valence-corrected chi connectivity index (χ4v) is 0. The van der Waals surface area contributed by atoms with E-state index < -0.39 is 0 Å². The molecule has 0 aliphatic heterocycles. The van der Waals surface area contributed by atoms with Crippen LogP contribution < -0.4 is 0 Å². The molecule has 0 atom stereocenters. The SMILES string of the molecule is C.C.C.C.C.C.C.C.C.CC.CC.CC.CC.CC.CC.CC(C)C.CCC.CCC.CCC.CCCC.CCCC.CCCC.[Ar].[Ar].[Ar].[Ar].[Ar].[Ar].[Ar].[Ar].[Ar].[Ar].[Ar].[Ar].[Ar].[Ar].[Ar].[Ar].[Ar].[Ar].[Ar].[Ar].[Ar]. The molecular formula is C46H136Ar21. The Kier molecular flexibility index (Phi) is 2450. The summed E-state index contributed by atoms with van der Waals surface area (Å²) in [5.41, 5.74) is 0. The van der Waals surface area contributed by atoms with E-state index >= 15 is 0 Å². The van der Waals surface area contributed by atoms with Gasteiger partial charge in [0.15, 0.2) is 0 Å². The summed E-state index contributed by atoms with van der Waals surface area (Å²) in [7, 11) is 0. The second-order valence-corrected chi connectivity index (χ2v) is 6.85. The van der Waals surface area contributed by atoms with Crippen molar-refractivity contribution in [2.75, 3.05) is 0 Å². The van der Waals surface area contributed by atoms with Gasteiger partial charge in [0.2, 0.25) is 0 Å². The standard InChI is InChI=1S/4C4H10.3C3H8.6C2H6.9CH4.21Ar/c1-4(2)3;3*1-3-4-2;3*1-3-2;6*1-2;;;;;;;;;;;;;;;;;;;;;;;;;;;;;;/h4H,1-3H3;3*3-4H2,1-2H3;3*3H2,1-2H3;6*1-2H3;9*1H4;;;;;;;;;;;;;;;;;;;;;. The minimum absolute atomic E-state index is 0. The van der Waals surface area contributed by atoms with Crippen LogP contribution >= 0.6 is 0 Å². The van der Waals surface area contributed by atoms with Gasteiger partial charge in [0, 0.05) is 793 Å². The van der Waals surface area contributed by atoms with Gasteiger partial charge < -0.3 is 0 Å². The predicted octanol–water partition coefficient (Wildman–Crippen LogP) is 23.2. The van der Waals surface area contributed by atoms with Crippen molar-refractivity contribution >= 4 is 0 Å². The molecular weight excluding hydrogens is 1390 g/mol. The van der Waals surface area contributed by atoms with Gasteiger partial charge in [-0.05, 0) is 5.92 Å². The molecule has 0 amide bonds. The van der Waals surface area contributed by atoms with Crippen LogP contribution in [0, 0.1) is 798 Å². The second-order valence-electron chi connectivity index (χ2n) is 6.85. The topological polar surface area (TPSA) is 0 Å². The van der Waals surface area contributed by atoms with Gasteiger partial charge in [0.25, 0.3) is 0 Å². The molecule has 0 fully saturated rings. The van der Waals surface area contributed by atoms with Crippen LogP contribution in [-0.4, -0.2) is 0 Å². The third kappa shape index (κ3) is 872. The monoisotopic (exact) mass is 1530 g/mol. The smallest absolute Gasteiger partial charge is 0 e. The second kappa shape index (κ2) is 523. The largest absolute Gasteiger partial charge is 0.0776 e. The molecule has 0 nitrogen and oxygen atoms in total. The van der Waals surface area contributed by atoms with Gasteiger partial charge in [-0.3, -0.25) is 0 Å². The van der Waals surface area contributed by atoms with E-state index in [-0.39, 0.29) is 859 Å². The Labute approximate surface area is 1070 Å². The molecule has 0 heterocycles. The molecule has 0 saturated carbocycles. The van der Waals surface area contributed by atoms with E-state index in [0.29, 0.717) is 0 Å². The maximum absolute atomic E-state index is 2.18. The van der Waals surface area contributed by atoms with E-state index in [2.05, 4.69) is 104 Å². The van der Waals surface area contributed by atoms with Crippen molar-refractivity contribution in [2.45, 2.75) is 312 Å². The minimum atomic E-state index is 0. The molecule has 0 N–H and O–H groups in total. The molecule has 0 aromatic carbocycles. The maximum atomic E-state index is 2.18. The first-order chi connectivity index (χ1) is 17.7. The van der Waals surface area contributed by atoms with Gasteiger partial charge in [-0.15, -0.1) is 0 Å². The fourth-order valence-electron chi connectivity index (χ4n) is 0. The number of rotatable bonds is 3. The normalized spacial score (nSPS) is 3.22. The molecule has 488 valence electrons. The summed E-state index contributed by atoms with van der Waals surface area (Å²) in [4.78, 5) is 0. The summed E-state index contributed by atoms with van der Waals surface area (Å²) < 4.78 is 0. The fraction of sp³-hybridized carbons (Fsp3) is 1.00. The molecule has 0 aromatic rings. The average molecular weight is 1530 g/mol. The van der Waals surface area contributed by atoms with Crippen molar-refractivity contribution in [3.8, 4) is 0 Å². The van der Waals surface area contributed by atoms with Crippen LogP contribution in [0.5, 0.6) is 0 Å². The zero-order valence-electron chi connectivity index (χ0n) is 41.4. The van der Waals surface area contributed by atoms with Crippen molar-refractivity contribution < 1.29 is 793 Å². The van der Waals surface area contributed by atoms with Gasteiger partial charge in [-0.2, -0.15) is 0 Å². The van der Waals surface area contributed by atoms with Crippen LogP contribution in [-0.2, 0) is 0 Å². The molecule has 0 unspecified atom stereocenters. The molecule has 0 aliphatic rings. The molecule has 0 saturated heterocycles. The Morgan fingerprint density at radius 2 is 0.179 bits per heavy atom. The zero-order chi connectivity index (χ0) is 33.9. The van der Waals surface area contributed by atoms with E-state index in [4.69, 9.17) is 0 Å². The zero-order valence-corrected chi connectivity index (χ0v) is 56.2. The quantitative estimate of drug-likeness (QED) is 0.264. The van der Waals surface area contributed by atoms with Gasteiger partial charge in [0.1, 0.15) is 0 Å². The Bertz CT molecular complexity index is 121. The molecule has 0 aliphatic carbocycles. The van der Waals surface area contributed by atoms with Crippen LogP contribution in [0.4, 0.5) is 0 Å². The predicted molar refractivity (Wildman–Crippen MR) is 259 cm³/mol. The van der Waals surface area contributed by atoms with Crippen LogP contribution in [0.2, 0.25) is 0 Å². The maximum Gasteiger partial charge on any atom is 0 e. The Morgan fingerprint density at radius 3 is 0.179 bits per heavy atom. The van der Waals surface area contributed by atoms with Crippen molar-refractivity contribution in [2.24, 2.45) is 5.92 Å².